The number of rotatable bonds is 7. The molecular weight excluding hydrogens is 450 g/mol. The first-order valence-electron chi connectivity index (χ1n) is 11.5. The molecule has 5 rings (SSSR count). The van der Waals surface area contributed by atoms with Crippen LogP contribution in [0.25, 0.3) is 21.6 Å². The van der Waals surface area contributed by atoms with Crippen LogP contribution in [0.3, 0.4) is 0 Å². The van der Waals surface area contributed by atoms with Crippen molar-refractivity contribution in [2.75, 3.05) is 49.5 Å². The number of carbonyl (C=O) groups is 1. The SMILES string of the molecule is CCOC(=O)N1CCN(c2nc3ccccc3nc2NCCc2[nH]cnc2-c2cccs2)CC1. The maximum absolute atomic E-state index is 12.1. The molecule has 1 amide bonds. The largest absolute Gasteiger partial charge is 0.450 e. The third-order valence-electron chi connectivity index (χ3n) is 5.80. The molecule has 0 unspecified atom stereocenters. The van der Waals surface area contributed by atoms with Gasteiger partial charge in [-0.25, -0.2) is 19.7 Å². The molecule has 0 spiro atoms. The van der Waals surface area contributed by atoms with Gasteiger partial charge in [0.2, 0.25) is 0 Å². The Balaban J connectivity index is 1.32. The number of aromatic amines is 1. The number of nitrogens with one attached hydrogen (secondary N) is 2. The molecule has 0 aliphatic carbocycles. The van der Waals surface area contributed by atoms with Gasteiger partial charge in [-0.1, -0.05) is 18.2 Å². The monoisotopic (exact) mass is 477 g/mol. The summed E-state index contributed by atoms with van der Waals surface area (Å²) in [6.45, 7) is 5.41. The summed E-state index contributed by atoms with van der Waals surface area (Å²) in [4.78, 5) is 34.7. The van der Waals surface area contributed by atoms with Crippen LogP contribution in [0.5, 0.6) is 0 Å². The van der Waals surface area contributed by atoms with Gasteiger partial charge in [0, 0.05) is 44.8 Å². The van der Waals surface area contributed by atoms with E-state index < -0.39 is 0 Å². The smallest absolute Gasteiger partial charge is 0.409 e. The molecule has 2 N–H and O–H groups in total. The summed E-state index contributed by atoms with van der Waals surface area (Å²) in [5.74, 6) is 1.56. The Kier molecular flexibility index (Phi) is 6.57. The van der Waals surface area contributed by atoms with E-state index >= 15 is 0 Å². The van der Waals surface area contributed by atoms with Crippen LogP contribution in [0.4, 0.5) is 16.4 Å². The van der Waals surface area contributed by atoms with Crippen molar-refractivity contribution in [3.63, 3.8) is 0 Å². The molecule has 0 bridgehead atoms. The lowest BCUT2D eigenvalue weighted by atomic mass is 10.2. The number of thiophene rings is 1. The van der Waals surface area contributed by atoms with Gasteiger partial charge in [-0.2, -0.15) is 0 Å². The minimum atomic E-state index is -0.258. The molecule has 0 saturated carbocycles. The summed E-state index contributed by atoms with van der Waals surface area (Å²) in [5.41, 5.74) is 3.79. The van der Waals surface area contributed by atoms with Crippen molar-refractivity contribution >= 4 is 40.1 Å². The van der Waals surface area contributed by atoms with Crippen LogP contribution in [0.2, 0.25) is 0 Å². The number of H-pyrrole nitrogens is 1. The van der Waals surface area contributed by atoms with Gasteiger partial charge in [0.05, 0.1) is 28.8 Å². The normalized spacial score (nSPS) is 13.9. The molecule has 9 nitrogen and oxygen atoms in total. The average molecular weight is 478 g/mol. The van der Waals surface area contributed by atoms with E-state index in [4.69, 9.17) is 14.7 Å². The summed E-state index contributed by atoms with van der Waals surface area (Å²) in [7, 11) is 0. The zero-order valence-electron chi connectivity index (χ0n) is 19.0. The lowest BCUT2D eigenvalue weighted by Crippen LogP contribution is -2.49. The molecule has 4 heterocycles. The fourth-order valence-electron chi connectivity index (χ4n) is 4.09. The molecule has 10 heteroatoms. The van der Waals surface area contributed by atoms with Crippen LogP contribution in [0.1, 0.15) is 12.6 Å². The fraction of sp³-hybridized carbons (Fsp3) is 0.333. The second kappa shape index (κ2) is 10.1. The Labute approximate surface area is 201 Å². The first kappa shape index (κ1) is 22.1. The second-order valence-corrected chi connectivity index (χ2v) is 8.89. The van der Waals surface area contributed by atoms with E-state index in [2.05, 4.69) is 31.6 Å². The predicted octanol–water partition coefficient (Wildman–Crippen LogP) is 4.01. The van der Waals surface area contributed by atoms with Gasteiger partial charge >= 0.3 is 6.09 Å². The number of nitrogens with zero attached hydrogens (tertiary/aromatic N) is 5. The standard InChI is InChI=1S/C24H27N7O2S/c1-2-33-24(32)31-13-11-30(12-14-31)23-22(28-17-6-3-4-7-18(17)29-23)25-10-9-19-21(27-16-26-19)20-8-5-15-34-20/h3-8,15-16H,2,9-14H2,1H3,(H,25,28)(H,26,27). The summed E-state index contributed by atoms with van der Waals surface area (Å²) < 4.78 is 5.15. The number of amides is 1. The number of benzene rings is 1. The number of imidazole rings is 1. The van der Waals surface area contributed by atoms with Gasteiger partial charge in [0.1, 0.15) is 5.69 Å². The third kappa shape index (κ3) is 4.67. The van der Waals surface area contributed by atoms with Crippen LogP contribution >= 0.6 is 11.3 Å². The number of hydrogen-bond donors (Lipinski definition) is 2. The number of aromatic nitrogens is 4. The molecule has 3 aromatic heterocycles. The molecule has 1 fully saturated rings. The molecule has 1 saturated heterocycles. The molecule has 0 radical (unpaired) electrons. The molecular formula is C24H27N7O2S. The van der Waals surface area contributed by atoms with Crippen LogP contribution in [-0.4, -0.2) is 70.3 Å². The minimum absolute atomic E-state index is 0.258. The summed E-state index contributed by atoms with van der Waals surface area (Å²) in [6.07, 6.45) is 2.26. The van der Waals surface area contributed by atoms with Crippen molar-refractivity contribution in [1.82, 2.24) is 24.8 Å². The highest BCUT2D eigenvalue weighted by Gasteiger charge is 2.25. The first-order valence-corrected chi connectivity index (χ1v) is 12.3. The van der Waals surface area contributed by atoms with E-state index in [1.165, 1.54) is 0 Å². The number of para-hydroxylation sites is 2. The van der Waals surface area contributed by atoms with E-state index in [0.29, 0.717) is 39.3 Å². The minimum Gasteiger partial charge on any atom is -0.450 e. The molecule has 176 valence electrons. The zero-order chi connectivity index (χ0) is 23.3. The van der Waals surface area contributed by atoms with Crippen molar-refractivity contribution in [2.45, 2.75) is 13.3 Å². The molecule has 1 aliphatic rings. The van der Waals surface area contributed by atoms with E-state index in [1.54, 1.807) is 22.6 Å². The fourth-order valence-corrected chi connectivity index (χ4v) is 4.84. The number of piperazine rings is 1. The van der Waals surface area contributed by atoms with Crippen LogP contribution < -0.4 is 10.2 Å². The molecule has 1 aromatic carbocycles. The third-order valence-corrected chi connectivity index (χ3v) is 6.67. The van der Waals surface area contributed by atoms with E-state index in [0.717, 1.165) is 45.4 Å². The van der Waals surface area contributed by atoms with Crippen LogP contribution in [-0.2, 0) is 11.2 Å². The quantitative estimate of drug-likeness (QED) is 0.415. The van der Waals surface area contributed by atoms with Gasteiger partial charge in [0.25, 0.3) is 0 Å². The van der Waals surface area contributed by atoms with Gasteiger partial charge in [-0.15, -0.1) is 11.3 Å². The van der Waals surface area contributed by atoms with Crippen molar-refractivity contribution in [2.24, 2.45) is 0 Å². The summed E-state index contributed by atoms with van der Waals surface area (Å²) in [5, 5.41) is 5.56. The highest BCUT2D eigenvalue weighted by atomic mass is 32.1. The van der Waals surface area contributed by atoms with E-state index in [1.807, 2.05) is 37.3 Å². The lowest BCUT2D eigenvalue weighted by molar-refractivity contribution is 0.105. The Hall–Kier alpha value is -3.66. The second-order valence-electron chi connectivity index (χ2n) is 7.94. The number of fused-ring (bicyclic) bond motifs is 1. The van der Waals surface area contributed by atoms with Gasteiger partial charge < -0.3 is 24.8 Å². The van der Waals surface area contributed by atoms with Gasteiger partial charge in [0.15, 0.2) is 11.6 Å². The molecule has 4 aromatic rings. The average Bonchev–Trinajstić information content (AvgIpc) is 3.56. The molecule has 34 heavy (non-hydrogen) atoms. The van der Waals surface area contributed by atoms with Crippen molar-refractivity contribution < 1.29 is 9.53 Å². The number of carbonyl (C=O) groups excluding carboxylic acids is 1. The zero-order valence-corrected chi connectivity index (χ0v) is 19.8. The Morgan fingerprint density at radius 1 is 1.12 bits per heavy atom. The van der Waals surface area contributed by atoms with Crippen molar-refractivity contribution in [1.29, 1.82) is 0 Å². The number of hydrogen-bond acceptors (Lipinski definition) is 8. The first-order chi connectivity index (χ1) is 16.7. The Bertz CT molecular complexity index is 1250. The van der Waals surface area contributed by atoms with Crippen molar-refractivity contribution in [3.05, 3.63) is 53.8 Å². The maximum Gasteiger partial charge on any atom is 0.409 e. The van der Waals surface area contributed by atoms with E-state index in [-0.39, 0.29) is 6.09 Å². The van der Waals surface area contributed by atoms with Crippen LogP contribution in [0, 0.1) is 0 Å². The topological polar surface area (TPSA) is 99.3 Å². The number of anilines is 2. The van der Waals surface area contributed by atoms with Crippen molar-refractivity contribution in [3.8, 4) is 10.6 Å². The van der Waals surface area contributed by atoms with Gasteiger partial charge in [-0.05, 0) is 30.5 Å². The predicted molar refractivity (Wildman–Crippen MR) is 134 cm³/mol. The highest BCUT2D eigenvalue weighted by Crippen LogP contribution is 2.28. The lowest BCUT2D eigenvalue weighted by Gasteiger charge is -2.35. The maximum atomic E-state index is 12.1. The van der Waals surface area contributed by atoms with Crippen LogP contribution in [0.15, 0.2) is 48.1 Å². The summed E-state index contributed by atoms with van der Waals surface area (Å²) in [6, 6.07) is 12.0. The van der Waals surface area contributed by atoms with Gasteiger partial charge in [-0.3, -0.25) is 0 Å². The Morgan fingerprint density at radius 2 is 1.91 bits per heavy atom. The number of ether oxygens (including phenoxy) is 1. The highest BCUT2D eigenvalue weighted by molar-refractivity contribution is 7.13. The summed E-state index contributed by atoms with van der Waals surface area (Å²) >= 11 is 1.68. The Morgan fingerprint density at radius 3 is 2.65 bits per heavy atom. The molecule has 1 aliphatic heterocycles. The van der Waals surface area contributed by atoms with E-state index in [9.17, 15) is 4.79 Å². The molecule has 0 atom stereocenters.